The number of aliphatic hydroxyl groups is 2. The van der Waals surface area contributed by atoms with Gasteiger partial charge in [-0.2, -0.15) is 0 Å². The highest BCUT2D eigenvalue weighted by Crippen LogP contribution is 2.55. The lowest BCUT2D eigenvalue weighted by Gasteiger charge is -2.24. The Labute approximate surface area is 177 Å². The molecule has 10 nitrogen and oxygen atoms in total. The van der Waals surface area contributed by atoms with Crippen LogP contribution < -0.4 is 4.74 Å². The van der Waals surface area contributed by atoms with Gasteiger partial charge in [-0.05, 0) is 43.8 Å². The van der Waals surface area contributed by atoms with Crippen LogP contribution in [0.3, 0.4) is 0 Å². The van der Waals surface area contributed by atoms with E-state index in [2.05, 4.69) is 0 Å². The average molecular weight is 433 g/mol. The van der Waals surface area contributed by atoms with E-state index in [4.69, 9.17) is 9.84 Å². The molecule has 0 atom stereocenters. The van der Waals surface area contributed by atoms with Crippen LogP contribution in [0.25, 0.3) is 5.57 Å². The second-order valence-corrected chi connectivity index (χ2v) is 7.47. The molecule has 1 aliphatic heterocycles. The normalized spacial score (nSPS) is 15.8. The Morgan fingerprint density at radius 3 is 2.32 bits per heavy atom. The fraction of sp³-hybridized carbons (Fsp3) is 0.286. The van der Waals surface area contributed by atoms with Gasteiger partial charge in [-0.1, -0.05) is 12.1 Å². The molecule has 1 aliphatic rings. The second kappa shape index (κ2) is 7.99. The van der Waals surface area contributed by atoms with E-state index >= 15 is 0 Å². The minimum absolute atomic E-state index is 0.0794. The zero-order valence-electron chi connectivity index (χ0n) is 16.8. The molecule has 0 amide bonds. The summed E-state index contributed by atoms with van der Waals surface area (Å²) >= 11 is 0. The Hall–Kier alpha value is -3.47. The van der Waals surface area contributed by atoms with Gasteiger partial charge in [0.25, 0.3) is 0 Å². The Morgan fingerprint density at radius 2 is 1.71 bits per heavy atom. The molecule has 3 rings (SSSR count). The second-order valence-electron chi connectivity index (χ2n) is 7.47. The number of hydrogen-bond acceptors (Lipinski definition) is 9. The lowest BCUT2D eigenvalue weighted by molar-refractivity contribution is -0.304. The van der Waals surface area contributed by atoms with Gasteiger partial charge < -0.3 is 45.4 Å². The number of aliphatic carboxylic acids is 1. The number of carboxylic acids is 1. The smallest absolute Gasteiger partial charge is 0.355 e. The Kier molecular flexibility index (Phi) is 5.72. The predicted molar refractivity (Wildman–Crippen MR) is 108 cm³/mol. The zero-order valence-corrected chi connectivity index (χ0v) is 16.8. The minimum atomic E-state index is -3.19. The Morgan fingerprint density at radius 1 is 1.06 bits per heavy atom. The third-order valence-corrected chi connectivity index (χ3v) is 4.86. The van der Waals surface area contributed by atoms with Crippen LogP contribution in [0.2, 0.25) is 0 Å². The van der Waals surface area contributed by atoms with Crippen molar-refractivity contribution >= 4 is 11.5 Å². The number of carbonyl (C=O) groups is 1. The highest BCUT2D eigenvalue weighted by molar-refractivity contribution is 5.91. The predicted octanol–water partition coefficient (Wildman–Crippen LogP) is 1.01. The molecular formula is C21H23NO9. The van der Waals surface area contributed by atoms with E-state index in [1.54, 1.807) is 6.08 Å². The number of nitrogens with zero attached hydrogens (tertiary/aromatic N) is 1. The zero-order chi connectivity index (χ0) is 23.1. The van der Waals surface area contributed by atoms with Crippen molar-refractivity contribution in [2.45, 2.75) is 18.8 Å². The molecule has 0 aliphatic carbocycles. The summed E-state index contributed by atoms with van der Waals surface area (Å²) in [6.45, 7) is 0.560. The van der Waals surface area contributed by atoms with Crippen molar-refractivity contribution in [3.8, 4) is 28.7 Å². The molecule has 0 unspecified atom stereocenters. The van der Waals surface area contributed by atoms with Crippen LogP contribution in [0.15, 0.2) is 24.3 Å². The van der Waals surface area contributed by atoms with Gasteiger partial charge in [0, 0.05) is 17.7 Å². The third kappa shape index (κ3) is 4.08. The monoisotopic (exact) mass is 433 g/mol. The number of aromatic hydroxyl groups is 4. The molecule has 166 valence electrons. The van der Waals surface area contributed by atoms with Gasteiger partial charge in [-0.25, -0.2) is 0 Å². The molecule has 7 N–H and O–H groups in total. The van der Waals surface area contributed by atoms with Crippen LogP contribution >= 0.6 is 0 Å². The summed E-state index contributed by atoms with van der Waals surface area (Å²) in [5.74, 6) is -8.57. The first-order valence-corrected chi connectivity index (χ1v) is 9.28. The third-order valence-electron chi connectivity index (χ3n) is 4.86. The highest BCUT2D eigenvalue weighted by atomic mass is 16.8. The van der Waals surface area contributed by atoms with Crippen molar-refractivity contribution < 1.29 is 45.3 Å². The first-order valence-electron chi connectivity index (χ1n) is 9.28. The SMILES string of the molecule is CN(C)CCC=C1c2cc(CC(=O)O)ccc2OC(O)(O)c2c(O)c(O)c(O)c(O)c21. The molecule has 2 aromatic rings. The van der Waals surface area contributed by atoms with Crippen molar-refractivity contribution in [1.82, 2.24) is 4.90 Å². The molecule has 10 heteroatoms. The minimum Gasteiger partial charge on any atom is -0.504 e. The molecule has 0 radical (unpaired) electrons. The summed E-state index contributed by atoms with van der Waals surface area (Å²) in [5, 5.41) is 71.2. The molecule has 0 fully saturated rings. The first kappa shape index (κ1) is 22.2. The largest absolute Gasteiger partial charge is 0.504 e. The van der Waals surface area contributed by atoms with E-state index in [9.17, 15) is 35.4 Å². The highest BCUT2D eigenvalue weighted by Gasteiger charge is 2.44. The topological polar surface area (TPSA) is 171 Å². The molecule has 0 spiro atoms. The van der Waals surface area contributed by atoms with Gasteiger partial charge in [-0.3, -0.25) is 4.79 Å². The van der Waals surface area contributed by atoms with Crippen LogP contribution in [0.5, 0.6) is 28.7 Å². The van der Waals surface area contributed by atoms with E-state index in [-0.39, 0.29) is 28.9 Å². The van der Waals surface area contributed by atoms with Crippen LogP contribution in [0.4, 0.5) is 0 Å². The van der Waals surface area contributed by atoms with Gasteiger partial charge in [0.1, 0.15) is 11.3 Å². The van der Waals surface area contributed by atoms with Crippen molar-refractivity contribution in [3.63, 3.8) is 0 Å². The van der Waals surface area contributed by atoms with Crippen molar-refractivity contribution in [2.24, 2.45) is 0 Å². The van der Waals surface area contributed by atoms with Crippen LogP contribution in [-0.2, 0) is 17.2 Å². The number of rotatable bonds is 5. The summed E-state index contributed by atoms with van der Waals surface area (Å²) in [7, 11) is 3.67. The van der Waals surface area contributed by atoms with E-state index in [0.29, 0.717) is 18.5 Å². The number of fused-ring (bicyclic) bond motifs is 2. The van der Waals surface area contributed by atoms with Crippen LogP contribution in [-0.4, -0.2) is 67.3 Å². The summed E-state index contributed by atoms with van der Waals surface area (Å²) < 4.78 is 5.27. The van der Waals surface area contributed by atoms with Crippen LogP contribution in [0, 0.1) is 0 Å². The number of phenols is 4. The molecule has 0 saturated heterocycles. The van der Waals surface area contributed by atoms with Gasteiger partial charge in [0.15, 0.2) is 11.5 Å². The summed E-state index contributed by atoms with van der Waals surface area (Å²) in [4.78, 5) is 13.0. The maximum Gasteiger partial charge on any atom is 0.355 e. The number of phenolic OH excluding ortho intramolecular Hbond substituents is 4. The quantitative estimate of drug-likeness (QED) is 0.205. The lowest BCUT2D eigenvalue weighted by atomic mass is 9.89. The standard InChI is InChI=1S/C21H23NO9/c1-22(2)7-3-4-11-12-8-10(9-14(23)24)5-6-13(12)31-21(29,30)16-15(11)17(25)19(27)20(28)18(16)26/h4-6,8,25-30H,3,7,9H2,1-2H3,(H,23,24). The number of hydrogen-bond donors (Lipinski definition) is 7. The number of benzene rings is 2. The maximum absolute atomic E-state index is 11.2. The number of carboxylic acid groups (broad SMARTS) is 1. The number of ether oxygens (including phenoxy) is 1. The Balaban J connectivity index is 2.37. The fourth-order valence-electron chi connectivity index (χ4n) is 3.46. The molecule has 31 heavy (non-hydrogen) atoms. The van der Waals surface area contributed by atoms with Gasteiger partial charge in [0.05, 0.1) is 6.42 Å². The summed E-state index contributed by atoms with van der Waals surface area (Å²) in [6.07, 6.45) is 1.69. The van der Waals surface area contributed by atoms with E-state index in [1.807, 2.05) is 19.0 Å². The molecule has 0 aromatic heterocycles. The Bertz CT molecular complexity index is 1070. The first-order chi connectivity index (χ1) is 14.4. The van der Waals surface area contributed by atoms with E-state index in [0.717, 1.165) is 0 Å². The van der Waals surface area contributed by atoms with E-state index in [1.165, 1.54) is 18.2 Å². The molecule has 2 aromatic carbocycles. The van der Waals surface area contributed by atoms with E-state index < -0.39 is 40.5 Å². The van der Waals surface area contributed by atoms with Crippen LogP contribution in [0.1, 0.15) is 28.7 Å². The van der Waals surface area contributed by atoms with Gasteiger partial charge >= 0.3 is 11.9 Å². The van der Waals surface area contributed by atoms with Crippen molar-refractivity contribution in [3.05, 3.63) is 46.5 Å². The molecule has 1 heterocycles. The lowest BCUT2D eigenvalue weighted by Crippen LogP contribution is -2.32. The molecular weight excluding hydrogens is 410 g/mol. The van der Waals surface area contributed by atoms with Crippen molar-refractivity contribution in [2.75, 3.05) is 20.6 Å². The summed E-state index contributed by atoms with van der Waals surface area (Å²) in [6, 6.07) is 4.19. The van der Waals surface area contributed by atoms with Gasteiger partial charge in [0.2, 0.25) is 11.5 Å². The van der Waals surface area contributed by atoms with Crippen molar-refractivity contribution in [1.29, 1.82) is 0 Å². The average Bonchev–Trinajstić information content (AvgIpc) is 2.76. The molecule has 0 saturated carbocycles. The fourth-order valence-corrected chi connectivity index (χ4v) is 3.46. The maximum atomic E-state index is 11.2. The molecule has 0 bridgehead atoms. The van der Waals surface area contributed by atoms with Gasteiger partial charge in [-0.15, -0.1) is 0 Å². The summed E-state index contributed by atoms with van der Waals surface area (Å²) in [5.41, 5.74) is -0.434.